The maximum atomic E-state index is 6.35. The lowest BCUT2D eigenvalue weighted by Crippen LogP contribution is -2.40. The van der Waals surface area contributed by atoms with Crippen molar-refractivity contribution in [3.05, 3.63) is 0 Å². The smallest absolute Gasteiger partial charge is 0.0187 e. The maximum Gasteiger partial charge on any atom is 0.0187 e. The summed E-state index contributed by atoms with van der Waals surface area (Å²) in [5, 5.41) is 0. The summed E-state index contributed by atoms with van der Waals surface area (Å²) in [6.07, 6.45) is 8.28. The van der Waals surface area contributed by atoms with Crippen molar-refractivity contribution < 1.29 is 0 Å². The normalized spacial score (nSPS) is 37.8. The van der Waals surface area contributed by atoms with Gasteiger partial charge < -0.3 is 5.73 Å². The number of hydrogen-bond acceptors (Lipinski definition) is 1. The lowest BCUT2D eigenvalue weighted by Gasteiger charge is -2.38. The van der Waals surface area contributed by atoms with Gasteiger partial charge in [0.2, 0.25) is 0 Å². The zero-order valence-electron chi connectivity index (χ0n) is 9.05. The summed E-state index contributed by atoms with van der Waals surface area (Å²) < 4.78 is 0. The van der Waals surface area contributed by atoms with Gasteiger partial charge in [0.05, 0.1) is 0 Å². The summed E-state index contributed by atoms with van der Waals surface area (Å²) in [6, 6.07) is 0. The molecule has 0 radical (unpaired) electrons. The fourth-order valence-corrected chi connectivity index (χ4v) is 3.19. The van der Waals surface area contributed by atoms with E-state index >= 15 is 0 Å². The van der Waals surface area contributed by atoms with Gasteiger partial charge in [0.15, 0.2) is 0 Å². The largest absolute Gasteiger partial charge is 0.325 e. The van der Waals surface area contributed by atoms with Crippen LogP contribution in [0.5, 0.6) is 0 Å². The van der Waals surface area contributed by atoms with Gasteiger partial charge in [-0.1, -0.05) is 26.7 Å². The van der Waals surface area contributed by atoms with Crippen molar-refractivity contribution in [1.82, 2.24) is 0 Å². The van der Waals surface area contributed by atoms with Crippen LogP contribution in [0.4, 0.5) is 0 Å². The molecule has 2 N–H and O–H groups in total. The second kappa shape index (κ2) is 3.27. The predicted octanol–water partition coefficient (Wildman–Crippen LogP) is 2.94. The zero-order chi connectivity index (χ0) is 9.47. The molecule has 2 aliphatic rings. The Kier molecular flexibility index (Phi) is 2.39. The van der Waals surface area contributed by atoms with E-state index in [1.807, 2.05) is 0 Å². The Morgan fingerprint density at radius 2 is 1.77 bits per heavy atom. The first-order chi connectivity index (χ1) is 6.13. The molecule has 1 nitrogen and oxygen atoms in total. The van der Waals surface area contributed by atoms with E-state index in [1.54, 1.807) is 0 Å². The molecule has 76 valence electrons. The Hall–Kier alpha value is -0.0400. The van der Waals surface area contributed by atoms with E-state index in [0.717, 1.165) is 17.8 Å². The predicted molar refractivity (Wildman–Crippen MR) is 56.4 cm³/mol. The third-order valence-electron chi connectivity index (χ3n) is 4.24. The first kappa shape index (κ1) is 9.51. The minimum atomic E-state index is 0.273. The molecule has 13 heavy (non-hydrogen) atoms. The zero-order valence-corrected chi connectivity index (χ0v) is 9.05. The van der Waals surface area contributed by atoms with Gasteiger partial charge >= 0.3 is 0 Å². The van der Waals surface area contributed by atoms with Gasteiger partial charge in [0.1, 0.15) is 0 Å². The van der Waals surface area contributed by atoms with Crippen LogP contribution in [-0.4, -0.2) is 5.54 Å². The summed E-state index contributed by atoms with van der Waals surface area (Å²) in [4.78, 5) is 0. The Bertz CT molecular complexity index is 182. The topological polar surface area (TPSA) is 26.0 Å². The van der Waals surface area contributed by atoms with Crippen LogP contribution in [0.1, 0.15) is 52.4 Å². The van der Waals surface area contributed by atoms with E-state index < -0.39 is 0 Å². The highest BCUT2D eigenvalue weighted by Gasteiger charge is 2.49. The van der Waals surface area contributed by atoms with Crippen molar-refractivity contribution >= 4 is 0 Å². The van der Waals surface area contributed by atoms with Crippen LogP contribution < -0.4 is 5.73 Å². The molecule has 0 aromatic rings. The Morgan fingerprint density at radius 3 is 2.31 bits per heavy atom. The fourth-order valence-electron chi connectivity index (χ4n) is 3.19. The Labute approximate surface area is 82.1 Å². The lowest BCUT2D eigenvalue weighted by atomic mass is 9.69. The summed E-state index contributed by atoms with van der Waals surface area (Å²) in [5.74, 6) is 2.61. The molecule has 2 rings (SSSR count). The minimum absolute atomic E-state index is 0.273. The Balaban J connectivity index is 2.04. The summed E-state index contributed by atoms with van der Waals surface area (Å²) in [7, 11) is 0. The second-order valence-electron chi connectivity index (χ2n) is 5.53. The molecule has 0 heterocycles. The maximum absolute atomic E-state index is 6.35. The highest BCUT2D eigenvalue weighted by Crippen LogP contribution is 2.50. The molecule has 2 fully saturated rings. The van der Waals surface area contributed by atoms with E-state index in [-0.39, 0.29) is 5.54 Å². The van der Waals surface area contributed by atoms with Crippen LogP contribution in [0.3, 0.4) is 0 Å². The van der Waals surface area contributed by atoms with Crippen LogP contribution in [0, 0.1) is 17.8 Å². The monoisotopic (exact) mass is 181 g/mol. The van der Waals surface area contributed by atoms with Gasteiger partial charge in [-0.25, -0.2) is 0 Å². The van der Waals surface area contributed by atoms with E-state index in [2.05, 4.69) is 13.8 Å². The highest BCUT2D eigenvalue weighted by molar-refractivity contribution is 5.06. The van der Waals surface area contributed by atoms with Crippen molar-refractivity contribution in [3.63, 3.8) is 0 Å². The van der Waals surface area contributed by atoms with Gasteiger partial charge in [0.25, 0.3) is 0 Å². The van der Waals surface area contributed by atoms with E-state index in [9.17, 15) is 0 Å². The van der Waals surface area contributed by atoms with Gasteiger partial charge in [-0.2, -0.15) is 0 Å². The first-order valence-corrected chi connectivity index (χ1v) is 5.92. The molecule has 2 saturated carbocycles. The van der Waals surface area contributed by atoms with Crippen molar-refractivity contribution in [1.29, 1.82) is 0 Å². The molecule has 0 spiro atoms. The molecule has 2 unspecified atom stereocenters. The number of rotatable bonds is 2. The van der Waals surface area contributed by atoms with E-state index in [1.165, 1.54) is 38.5 Å². The molecule has 2 atom stereocenters. The molecule has 0 aliphatic heterocycles. The summed E-state index contributed by atoms with van der Waals surface area (Å²) >= 11 is 0. The quantitative estimate of drug-likeness (QED) is 0.696. The fraction of sp³-hybridized carbons (Fsp3) is 1.00. The second-order valence-corrected chi connectivity index (χ2v) is 5.53. The molecule has 0 amide bonds. The minimum Gasteiger partial charge on any atom is -0.325 e. The van der Waals surface area contributed by atoms with Crippen LogP contribution in [0.15, 0.2) is 0 Å². The average Bonchev–Trinajstić information content (AvgIpc) is 2.85. The summed E-state index contributed by atoms with van der Waals surface area (Å²) in [5.41, 5.74) is 6.62. The summed E-state index contributed by atoms with van der Waals surface area (Å²) in [6.45, 7) is 4.74. The molecule has 1 heteroatoms. The SMILES string of the molecule is CC(C)C1CCCCC1C1(N)CC1. The molecule has 0 aromatic heterocycles. The third kappa shape index (κ3) is 1.76. The Morgan fingerprint density at radius 1 is 1.15 bits per heavy atom. The molecular formula is C12H23N. The van der Waals surface area contributed by atoms with E-state index in [4.69, 9.17) is 5.73 Å². The molecule has 0 aromatic carbocycles. The third-order valence-corrected chi connectivity index (χ3v) is 4.24. The van der Waals surface area contributed by atoms with Gasteiger partial charge in [0, 0.05) is 5.54 Å². The van der Waals surface area contributed by atoms with Crippen LogP contribution >= 0.6 is 0 Å². The number of hydrogen-bond donors (Lipinski definition) is 1. The van der Waals surface area contributed by atoms with Crippen molar-refractivity contribution in [2.75, 3.05) is 0 Å². The van der Waals surface area contributed by atoms with Crippen LogP contribution in [0.2, 0.25) is 0 Å². The standard InChI is InChI=1S/C12H23N/c1-9(2)10-5-3-4-6-11(10)12(13)7-8-12/h9-11H,3-8,13H2,1-2H3. The van der Waals surface area contributed by atoms with E-state index in [0.29, 0.717) is 0 Å². The van der Waals surface area contributed by atoms with Crippen molar-refractivity contribution in [2.24, 2.45) is 23.5 Å². The van der Waals surface area contributed by atoms with Gasteiger partial charge in [-0.3, -0.25) is 0 Å². The van der Waals surface area contributed by atoms with Crippen molar-refractivity contribution in [2.45, 2.75) is 57.9 Å². The van der Waals surface area contributed by atoms with Gasteiger partial charge in [-0.15, -0.1) is 0 Å². The first-order valence-electron chi connectivity index (χ1n) is 5.92. The molecule has 2 aliphatic carbocycles. The highest BCUT2D eigenvalue weighted by atomic mass is 14.8. The molecular weight excluding hydrogens is 158 g/mol. The molecule has 0 saturated heterocycles. The van der Waals surface area contributed by atoms with Crippen LogP contribution in [-0.2, 0) is 0 Å². The average molecular weight is 181 g/mol. The lowest BCUT2D eigenvalue weighted by molar-refractivity contribution is 0.144. The molecule has 0 bridgehead atoms. The van der Waals surface area contributed by atoms with Crippen LogP contribution in [0.25, 0.3) is 0 Å². The van der Waals surface area contributed by atoms with Gasteiger partial charge in [-0.05, 0) is 43.4 Å². The van der Waals surface area contributed by atoms with Crippen molar-refractivity contribution in [3.8, 4) is 0 Å². The number of nitrogens with two attached hydrogens (primary N) is 1.